The highest BCUT2D eigenvalue weighted by Crippen LogP contribution is 2.19. The minimum atomic E-state index is 0.284. The van der Waals surface area contributed by atoms with E-state index in [0.29, 0.717) is 6.61 Å². The van der Waals surface area contributed by atoms with Gasteiger partial charge < -0.3 is 14.4 Å². The van der Waals surface area contributed by atoms with Crippen molar-refractivity contribution in [2.24, 2.45) is 0 Å². The van der Waals surface area contributed by atoms with Crippen LogP contribution in [0.25, 0.3) is 11.0 Å². The fourth-order valence-corrected chi connectivity index (χ4v) is 2.49. The lowest BCUT2D eigenvalue weighted by Gasteiger charge is -2.08. The summed E-state index contributed by atoms with van der Waals surface area (Å²) in [5, 5.41) is 9.37. The second kappa shape index (κ2) is 5.97. The van der Waals surface area contributed by atoms with Gasteiger partial charge in [0, 0.05) is 20.1 Å². The van der Waals surface area contributed by atoms with Crippen LogP contribution in [-0.2, 0) is 17.7 Å². The van der Waals surface area contributed by atoms with Crippen molar-refractivity contribution in [3.8, 4) is 5.75 Å². The quantitative estimate of drug-likeness (QED) is 0.782. The maximum absolute atomic E-state index is 9.37. The summed E-state index contributed by atoms with van der Waals surface area (Å²) in [5.41, 5.74) is 3.26. The molecule has 0 aliphatic heterocycles. The van der Waals surface area contributed by atoms with Gasteiger partial charge in [-0.3, -0.25) is 0 Å². The number of imidazole rings is 1. The van der Waals surface area contributed by atoms with E-state index in [1.807, 2.05) is 30.3 Å². The molecule has 0 amide bonds. The van der Waals surface area contributed by atoms with Crippen LogP contribution >= 0.6 is 0 Å². The number of aromatic hydroxyl groups is 1. The molecule has 2 aromatic carbocycles. The number of benzene rings is 2. The van der Waals surface area contributed by atoms with Gasteiger partial charge in [0.15, 0.2) is 0 Å². The maximum Gasteiger partial charge on any atom is 0.115 e. The third-order valence-corrected chi connectivity index (χ3v) is 3.55. The van der Waals surface area contributed by atoms with Gasteiger partial charge in [-0.2, -0.15) is 0 Å². The third kappa shape index (κ3) is 2.90. The van der Waals surface area contributed by atoms with Crippen LogP contribution in [0.5, 0.6) is 5.75 Å². The monoisotopic (exact) mass is 282 g/mol. The van der Waals surface area contributed by atoms with Gasteiger partial charge in [0.25, 0.3) is 0 Å². The van der Waals surface area contributed by atoms with E-state index in [1.54, 1.807) is 19.2 Å². The fraction of sp³-hybridized carbons (Fsp3) is 0.235. The molecule has 0 aliphatic rings. The number of hydrogen-bond acceptors (Lipinski definition) is 3. The predicted octanol–water partition coefficient (Wildman–Crippen LogP) is 2.98. The number of aromatic nitrogens is 2. The Morgan fingerprint density at radius 3 is 2.62 bits per heavy atom. The molecule has 0 aliphatic carbocycles. The highest BCUT2D eigenvalue weighted by atomic mass is 16.5. The van der Waals surface area contributed by atoms with Crippen molar-refractivity contribution in [3.05, 3.63) is 59.9 Å². The molecule has 0 bridgehead atoms. The maximum atomic E-state index is 9.37. The number of methoxy groups -OCH3 is 1. The summed E-state index contributed by atoms with van der Waals surface area (Å²) in [6.45, 7) is 1.44. The van der Waals surface area contributed by atoms with Crippen LogP contribution in [0.2, 0.25) is 0 Å². The molecule has 0 fully saturated rings. The Bertz CT molecular complexity index is 732. The van der Waals surface area contributed by atoms with E-state index in [4.69, 9.17) is 9.72 Å². The van der Waals surface area contributed by atoms with Crippen LogP contribution in [0.1, 0.15) is 11.4 Å². The molecule has 1 N–H and O–H groups in total. The van der Waals surface area contributed by atoms with Crippen molar-refractivity contribution in [2.45, 2.75) is 13.0 Å². The number of hydrogen-bond donors (Lipinski definition) is 1. The minimum absolute atomic E-state index is 0.284. The molecule has 0 radical (unpaired) electrons. The zero-order valence-corrected chi connectivity index (χ0v) is 12.0. The van der Waals surface area contributed by atoms with Crippen molar-refractivity contribution in [1.29, 1.82) is 0 Å². The van der Waals surface area contributed by atoms with Crippen molar-refractivity contribution in [2.75, 3.05) is 13.7 Å². The molecule has 3 rings (SSSR count). The van der Waals surface area contributed by atoms with Gasteiger partial charge in [0.05, 0.1) is 17.6 Å². The molecule has 108 valence electrons. The van der Waals surface area contributed by atoms with Crippen LogP contribution in [0.4, 0.5) is 0 Å². The number of fused-ring (bicyclic) bond motifs is 1. The van der Waals surface area contributed by atoms with Gasteiger partial charge in [0.2, 0.25) is 0 Å². The molecule has 4 heteroatoms. The highest BCUT2D eigenvalue weighted by Gasteiger charge is 2.10. The number of phenolic OH excluding ortho intramolecular Hbond substituents is 1. The Morgan fingerprint density at radius 2 is 1.86 bits per heavy atom. The first-order valence-corrected chi connectivity index (χ1v) is 6.99. The Labute approximate surface area is 123 Å². The molecule has 0 atom stereocenters. The zero-order chi connectivity index (χ0) is 14.7. The van der Waals surface area contributed by atoms with Crippen molar-refractivity contribution < 1.29 is 9.84 Å². The summed E-state index contributed by atoms with van der Waals surface area (Å²) in [7, 11) is 1.71. The summed E-state index contributed by atoms with van der Waals surface area (Å²) < 4.78 is 7.40. The van der Waals surface area contributed by atoms with E-state index in [1.165, 1.54) is 0 Å². The number of phenols is 1. The fourth-order valence-electron chi connectivity index (χ4n) is 2.49. The Balaban J connectivity index is 1.97. The topological polar surface area (TPSA) is 47.3 Å². The Morgan fingerprint density at radius 1 is 1.10 bits per heavy atom. The van der Waals surface area contributed by atoms with Crippen molar-refractivity contribution >= 4 is 11.0 Å². The van der Waals surface area contributed by atoms with E-state index in [-0.39, 0.29) is 5.75 Å². The van der Waals surface area contributed by atoms with E-state index in [9.17, 15) is 5.11 Å². The number of rotatable bonds is 5. The third-order valence-electron chi connectivity index (χ3n) is 3.55. The summed E-state index contributed by atoms with van der Waals surface area (Å²) in [5.74, 6) is 1.30. The molecule has 0 saturated heterocycles. The molecule has 1 aromatic heterocycles. The molecule has 1 heterocycles. The average Bonchev–Trinajstić information content (AvgIpc) is 2.85. The SMILES string of the molecule is COCCn1c(Cc2ccc(O)cc2)nc2ccccc21. The van der Waals surface area contributed by atoms with E-state index < -0.39 is 0 Å². The molecular weight excluding hydrogens is 264 g/mol. The largest absolute Gasteiger partial charge is 0.508 e. The molecule has 0 spiro atoms. The van der Waals surface area contributed by atoms with Gasteiger partial charge in [-0.25, -0.2) is 4.98 Å². The lowest BCUT2D eigenvalue weighted by Crippen LogP contribution is -2.08. The van der Waals surface area contributed by atoms with Crippen molar-refractivity contribution in [1.82, 2.24) is 9.55 Å². The van der Waals surface area contributed by atoms with Gasteiger partial charge in [-0.05, 0) is 29.8 Å². The normalized spacial score (nSPS) is 11.1. The summed E-state index contributed by atoms with van der Waals surface area (Å²) in [4.78, 5) is 4.73. The van der Waals surface area contributed by atoms with Crippen LogP contribution in [0, 0.1) is 0 Å². The van der Waals surface area contributed by atoms with E-state index >= 15 is 0 Å². The Kier molecular flexibility index (Phi) is 3.88. The Hall–Kier alpha value is -2.33. The van der Waals surface area contributed by atoms with Gasteiger partial charge in [-0.1, -0.05) is 24.3 Å². The van der Waals surface area contributed by atoms with E-state index in [0.717, 1.165) is 35.4 Å². The molecule has 0 saturated carbocycles. The zero-order valence-electron chi connectivity index (χ0n) is 12.0. The summed E-state index contributed by atoms with van der Waals surface area (Å²) >= 11 is 0. The van der Waals surface area contributed by atoms with Crippen LogP contribution in [0.15, 0.2) is 48.5 Å². The highest BCUT2D eigenvalue weighted by molar-refractivity contribution is 5.76. The average molecular weight is 282 g/mol. The number of ether oxygens (including phenoxy) is 1. The first kappa shape index (κ1) is 13.6. The van der Waals surface area contributed by atoms with E-state index in [2.05, 4.69) is 10.6 Å². The lowest BCUT2D eigenvalue weighted by atomic mass is 10.1. The van der Waals surface area contributed by atoms with Gasteiger partial charge in [-0.15, -0.1) is 0 Å². The molecule has 3 aromatic rings. The molecule has 0 unspecified atom stereocenters. The predicted molar refractivity (Wildman–Crippen MR) is 82.5 cm³/mol. The lowest BCUT2D eigenvalue weighted by molar-refractivity contribution is 0.187. The molecule has 4 nitrogen and oxygen atoms in total. The van der Waals surface area contributed by atoms with Crippen LogP contribution < -0.4 is 0 Å². The first-order valence-electron chi connectivity index (χ1n) is 6.99. The number of nitrogens with zero attached hydrogens (tertiary/aromatic N) is 2. The minimum Gasteiger partial charge on any atom is -0.508 e. The van der Waals surface area contributed by atoms with Crippen LogP contribution in [0.3, 0.4) is 0 Å². The first-order chi connectivity index (χ1) is 10.3. The molecule has 21 heavy (non-hydrogen) atoms. The van der Waals surface area contributed by atoms with Crippen molar-refractivity contribution in [3.63, 3.8) is 0 Å². The molecular formula is C17H18N2O2. The van der Waals surface area contributed by atoms with Gasteiger partial charge >= 0.3 is 0 Å². The summed E-state index contributed by atoms with van der Waals surface area (Å²) in [6.07, 6.45) is 0.735. The van der Waals surface area contributed by atoms with Crippen LogP contribution in [-0.4, -0.2) is 28.4 Å². The number of para-hydroxylation sites is 2. The second-order valence-corrected chi connectivity index (χ2v) is 5.00. The van der Waals surface area contributed by atoms with Gasteiger partial charge in [0.1, 0.15) is 11.6 Å². The summed E-state index contributed by atoms with van der Waals surface area (Å²) in [6, 6.07) is 15.4. The smallest absolute Gasteiger partial charge is 0.115 e. The standard InChI is InChI=1S/C17H18N2O2/c1-21-11-10-19-16-5-3-2-4-15(16)18-17(19)12-13-6-8-14(20)9-7-13/h2-9,20H,10-12H2,1H3. The second-order valence-electron chi connectivity index (χ2n) is 5.00.